The molecule has 0 amide bonds. The number of rotatable bonds is 6. The van der Waals surface area contributed by atoms with Gasteiger partial charge in [0, 0.05) is 24.3 Å². The van der Waals surface area contributed by atoms with Crippen molar-refractivity contribution in [3.63, 3.8) is 0 Å². The lowest BCUT2D eigenvalue weighted by Crippen LogP contribution is -2.20. The van der Waals surface area contributed by atoms with Crippen molar-refractivity contribution in [2.24, 2.45) is 0 Å². The molecular formula is C18H22ClNO. The molecule has 0 aliphatic carbocycles. The highest BCUT2D eigenvalue weighted by Gasteiger charge is 2.10. The maximum absolute atomic E-state index is 10.2. The minimum Gasteiger partial charge on any atom is -0.388 e. The smallest absolute Gasteiger partial charge is 0.0807 e. The molecule has 1 N–H and O–H groups in total. The van der Waals surface area contributed by atoms with E-state index < -0.39 is 6.10 Å². The first-order valence-electron chi connectivity index (χ1n) is 7.33. The molecule has 3 heteroatoms. The Morgan fingerprint density at radius 1 is 1.14 bits per heavy atom. The Morgan fingerprint density at radius 2 is 1.86 bits per heavy atom. The summed E-state index contributed by atoms with van der Waals surface area (Å²) in [5.74, 6) is 0. The molecule has 0 aliphatic rings. The van der Waals surface area contributed by atoms with Crippen LogP contribution in [0.1, 0.15) is 30.6 Å². The van der Waals surface area contributed by atoms with Gasteiger partial charge < -0.3 is 10.0 Å². The van der Waals surface area contributed by atoms with Gasteiger partial charge in [0.2, 0.25) is 0 Å². The van der Waals surface area contributed by atoms with Gasteiger partial charge in [0.1, 0.15) is 0 Å². The molecule has 21 heavy (non-hydrogen) atoms. The molecule has 0 heterocycles. The van der Waals surface area contributed by atoms with Gasteiger partial charge in [0.05, 0.1) is 6.10 Å². The Kier molecular flexibility index (Phi) is 5.66. The Hall–Kier alpha value is -1.51. The number of hydrogen-bond acceptors (Lipinski definition) is 2. The molecule has 0 fully saturated rings. The van der Waals surface area contributed by atoms with Gasteiger partial charge in [-0.1, -0.05) is 42.8 Å². The van der Waals surface area contributed by atoms with Crippen molar-refractivity contribution in [1.82, 2.24) is 0 Å². The van der Waals surface area contributed by atoms with Gasteiger partial charge >= 0.3 is 0 Å². The van der Waals surface area contributed by atoms with Crippen LogP contribution in [0.25, 0.3) is 0 Å². The molecule has 0 bridgehead atoms. The summed E-state index contributed by atoms with van der Waals surface area (Å²) in [6, 6.07) is 16.0. The lowest BCUT2D eigenvalue weighted by Gasteiger charge is -2.21. The van der Waals surface area contributed by atoms with E-state index in [9.17, 15) is 5.11 Å². The van der Waals surface area contributed by atoms with Crippen LogP contribution in [0.4, 0.5) is 5.69 Å². The van der Waals surface area contributed by atoms with Gasteiger partial charge in [0.15, 0.2) is 0 Å². The van der Waals surface area contributed by atoms with E-state index in [2.05, 4.69) is 36.1 Å². The number of anilines is 1. The van der Waals surface area contributed by atoms with Crippen molar-refractivity contribution in [3.05, 3.63) is 64.7 Å². The van der Waals surface area contributed by atoms with E-state index in [1.807, 2.05) is 31.3 Å². The molecule has 0 radical (unpaired) electrons. The molecular weight excluding hydrogens is 282 g/mol. The fourth-order valence-electron chi connectivity index (χ4n) is 2.31. The third-order valence-corrected chi connectivity index (χ3v) is 3.99. The molecule has 0 spiro atoms. The van der Waals surface area contributed by atoms with Crippen LogP contribution in [0.15, 0.2) is 48.5 Å². The quantitative estimate of drug-likeness (QED) is 0.851. The van der Waals surface area contributed by atoms with Crippen molar-refractivity contribution in [2.45, 2.75) is 25.9 Å². The fourth-order valence-corrected chi connectivity index (χ4v) is 2.51. The zero-order chi connectivity index (χ0) is 15.2. The van der Waals surface area contributed by atoms with Crippen LogP contribution in [0.3, 0.4) is 0 Å². The normalized spacial score (nSPS) is 12.2. The molecule has 2 aromatic carbocycles. The summed E-state index contributed by atoms with van der Waals surface area (Å²) in [6.07, 6.45) is 1.24. The molecule has 2 aromatic rings. The molecule has 2 nitrogen and oxygen atoms in total. The number of halogens is 1. The number of aliphatic hydroxyl groups is 1. The summed E-state index contributed by atoms with van der Waals surface area (Å²) in [5, 5.41) is 10.9. The maximum atomic E-state index is 10.2. The molecule has 0 saturated heterocycles. The van der Waals surface area contributed by atoms with Gasteiger partial charge in [-0.25, -0.2) is 0 Å². The van der Waals surface area contributed by atoms with Gasteiger partial charge in [-0.3, -0.25) is 0 Å². The Labute approximate surface area is 132 Å². The van der Waals surface area contributed by atoms with E-state index in [1.165, 1.54) is 11.3 Å². The van der Waals surface area contributed by atoms with Gasteiger partial charge in [-0.15, -0.1) is 0 Å². The highest BCUT2D eigenvalue weighted by Crippen LogP contribution is 2.22. The Morgan fingerprint density at radius 3 is 2.48 bits per heavy atom. The minimum atomic E-state index is -0.485. The predicted octanol–water partition coefficient (Wildman–Crippen LogP) is 4.46. The van der Waals surface area contributed by atoms with Crippen LogP contribution in [-0.4, -0.2) is 18.7 Å². The lowest BCUT2D eigenvalue weighted by atomic mass is 10.1. The van der Waals surface area contributed by atoms with Crippen molar-refractivity contribution in [2.75, 3.05) is 18.5 Å². The van der Waals surface area contributed by atoms with E-state index >= 15 is 0 Å². The number of hydrogen-bond donors (Lipinski definition) is 1. The highest BCUT2D eigenvalue weighted by molar-refractivity contribution is 6.30. The van der Waals surface area contributed by atoms with E-state index in [1.54, 1.807) is 0 Å². The first-order chi connectivity index (χ1) is 10.1. The zero-order valence-corrected chi connectivity index (χ0v) is 13.3. The predicted molar refractivity (Wildman–Crippen MR) is 90.1 cm³/mol. The van der Waals surface area contributed by atoms with Crippen LogP contribution in [0, 0.1) is 0 Å². The van der Waals surface area contributed by atoms with Gasteiger partial charge in [-0.05, 0) is 48.2 Å². The number of aryl methyl sites for hydroxylation is 1. The van der Waals surface area contributed by atoms with Crippen LogP contribution in [0.2, 0.25) is 5.02 Å². The summed E-state index contributed by atoms with van der Waals surface area (Å²) in [7, 11) is 2.05. The molecule has 0 saturated carbocycles. The average molecular weight is 304 g/mol. The molecule has 1 unspecified atom stereocenters. The molecule has 0 aromatic heterocycles. The summed E-state index contributed by atoms with van der Waals surface area (Å²) in [6.45, 7) is 2.94. The third-order valence-electron chi connectivity index (χ3n) is 3.76. The Bertz CT molecular complexity index is 568. The third kappa shape index (κ3) is 4.48. The second-order valence-corrected chi connectivity index (χ2v) is 5.74. The van der Waals surface area contributed by atoms with E-state index in [0.717, 1.165) is 18.5 Å². The largest absolute Gasteiger partial charge is 0.388 e. The summed E-state index contributed by atoms with van der Waals surface area (Å²) in [4.78, 5) is 2.16. The van der Waals surface area contributed by atoms with Crippen LogP contribution in [-0.2, 0) is 6.42 Å². The number of aliphatic hydroxyl groups excluding tert-OH is 1. The first-order valence-corrected chi connectivity index (χ1v) is 7.71. The van der Waals surface area contributed by atoms with Crippen LogP contribution in [0.5, 0.6) is 0 Å². The fraction of sp³-hybridized carbons (Fsp3) is 0.333. The standard InChI is InChI=1S/C18H22ClNO/c1-3-14-7-9-17(10-8-14)20(2)12-11-18(21)15-5-4-6-16(19)13-15/h4-10,13,18,21H,3,11-12H2,1-2H3. The summed E-state index contributed by atoms with van der Waals surface area (Å²) >= 11 is 5.95. The molecule has 112 valence electrons. The van der Waals surface area contributed by atoms with Crippen molar-refractivity contribution < 1.29 is 5.11 Å². The maximum Gasteiger partial charge on any atom is 0.0807 e. The average Bonchev–Trinajstić information content (AvgIpc) is 2.52. The van der Waals surface area contributed by atoms with E-state index in [4.69, 9.17) is 11.6 Å². The number of benzene rings is 2. The van der Waals surface area contributed by atoms with Crippen molar-refractivity contribution >= 4 is 17.3 Å². The monoisotopic (exact) mass is 303 g/mol. The summed E-state index contributed by atoms with van der Waals surface area (Å²) < 4.78 is 0. The first kappa shape index (κ1) is 15.9. The van der Waals surface area contributed by atoms with Gasteiger partial charge in [-0.2, -0.15) is 0 Å². The number of nitrogens with zero attached hydrogens (tertiary/aromatic N) is 1. The van der Waals surface area contributed by atoms with E-state index in [-0.39, 0.29) is 0 Å². The zero-order valence-electron chi connectivity index (χ0n) is 12.6. The van der Waals surface area contributed by atoms with Crippen LogP contribution < -0.4 is 4.90 Å². The topological polar surface area (TPSA) is 23.5 Å². The SMILES string of the molecule is CCc1ccc(N(C)CCC(O)c2cccc(Cl)c2)cc1. The highest BCUT2D eigenvalue weighted by atomic mass is 35.5. The van der Waals surface area contributed by atoms with E-state index in [0.29, 0.717) is 11.4 Å². The van der Waals surface area contributed by atoms with Crippen molar-refractivity contribution in [1.29, 1.82) is 0 Å². The second kappa shape index (κ2) is 7.48. The second-order valence-electron chi connectivity index (χ2n) is 5.30. The Balaban J connectivity index is 1.92. The molecule has 0 aliphatic heterocycles. The van der Waals surface area contributed by atoms with Crippen LogP contribution >= 0.6 is 11.6 Å². The molecule has 2 rings (SSSR count). The van der Waals surface area contributed by atoms with Gasteiger partial charge in [0.25, 0.3) is 0 Å². The minimum absolute atomic E-state index is 0.485. The molecule has 1 atom stereocenters. The lowest BCUT2D eigenvalue weighted by molar-refractivity contribution is 0.170. The summed E-state index contributed by atoms with van der Waals surface area (Å²) in [5.41, 5.74) is 3.38. The van der Waals surface area contributed by atoms with Crippen molar-refractivity contribution in [3.8, 4) is 0 Å².